The fraction of sp³-hybridized carbons (Fsp3) is 0.400. The first-order valence-electron chi connectivity index (χ1n) is 4.54. The topological polar surface area (TPSA) is 85.4 Å². The van der Waals surface area contributed by atoms with Gasteiger partial charge in [-0.15, -0.1) is 0 Å². The largest absolute Gasteiger partial charge is 0.481 e. The van der Waals surface area contributed by atoms with E-state index in [9.17, 15) is 4.79 Å². The molecule has 0 spiro atoms. The molecule has 1 unspecified atom stereocenters. The number of nitrogens with two attached hydrogens (primary N) is 1. The summed E-state index contributed by atoms with van der Waals surface area (Å²) >= 11 is 0. The van der Waals surface area contributed by atoms with E-state index >= 15 is 0 Å². The second-order valence-corrected chi connectivity index (χ2v) is 3.21. The number of rotatable bonds is 4. The van der Waals surface area contributed by atoms with Crippen LogP contribution < -0.4 is 10.5 Å². The maximum atomic E-state index is 10.9. The number of aryl methyl sites for hydroxylation is 1. The average Bonchev–Trinajstić information content (AvgIpc) is 2.17. The van der Waals surface area contributed by atoms with Gasteiger partial charge in [-0.25, -0.2) is 4.98 Å². The Morgan fingerprint density at radius 3 is 2.80 bits per heavy atom. The summed E-state index contributed by atoms with van der Waals surface area (Å²) in [5.74, 6) is -1.24. The number of hydrogen-bond acceptors (Lipinski definition) is 4. The number of hydrogen-bond donors (Lipinski definition) is 2. The smallest absolute Gasteiger partial charge is 0.312 e. The Morgan fingerprint density at radius 1 is 1.67 bits per heavy atom. The molecule has 15 heavy (non-hydrogen) atoms. The van der Waals surface area contributed by atoms with E-state index in [1.165, 1.54) is 7.11 Å². The van der Waals surface area contributed by atoms with Gasteiger partial charge >= 0.3 is 5.97 Å². The van der Waals surface area contributed by atoms with Gasteiger partial charge in [0.1, 0.15) is 0 Å². The molecule has 1 atom stereocenters. The molecule has 0 amide bonds. The van der Waals surface area contributed by atoms with Crippen molar-refractivity contribution in [2.45, 2.75) is 12.8 Å². The lowest BCUT2D eigenvalue weighted by atomic mass is 10.00. The summed E-state index contributed by atoms with van der Waals surface area (Å²) in [5.41, 5.74) is 6.74. The van der Waals surface area contributed by atoms with Crippen LogP contribution in [0.1, 0.15) is 17.2 Å². The van der Waals surface area contributed by atoms with Gasteiger partial charge in [-0.2, -0.15) is 0 Å². The molecule has 0 aliphatic carbocycles. The van der Waals surface area contributed by atoms with Gasteiger partial charge in [0.25, 0.3) is 0 Å². The predicted molar refractivity (Wildman–Crippen MR) is 55.0 cm³/mol. The van der Waals surface area contributed by atoms with Crippen molar-refractivity contribution in [1.82, 2.24) is 4.98 Å². The third-order valence-corrected chi connectivity index (χ3v) is 2.10. The third kappa shape index (κ3) is 2.66. The van der Waals surface area contributed by atoms with Crippen molar-refractivity contribution in [3.05, 3.63) is 23.4 Å². The second kappa shape index (κ2) is 4.75. The molecule has 1 aromatic heterocycles. The first-order valence-corrected chi connectivity index (χ1v) is 4.54. The van der Waals surface area contributed by atoms with E-state index in [2.05, 4.69) is 4.98 Å². The number of nitrogens with zero attached hydrogens (tertiary/aromatic N) is 1. The molecule has 0 aliphatic heterocycles. The molecule has 0 aliphatic rings. The molecular weight excluding hydrogens is 196 g/mol. The highest BCUT2D eigenvalue weighted by atomic mass is 16.5. The summed E-state index contributed by atoms with van der Waals surface area (Å²) in [6, 6.07) is 3.30. The monoisotopic (exact) mass is 210 g/mol. The molecule has 0 saturated carbocycles. The van der Waals surface area contributed by atoms with E-state index in [1.54, 1.807) is 19.1 Å². The van der Waals surface area contributed by atoms with E-state index in [4.69, 9.17) is 15.6 Å². The summed E-state index contributed by atoms with van der Waals surface area (Å²) in [5, 5.41) is 8.94. The number of aliphatic carboxylic acids is 1. The summed E-state index contributed by atoms with van der Waals surface area (Å²) in [7, 11) is 1.49. The van der Waals surface area contributed by atoms with Gasteiger partial charge in [0.2, 0.25) is 5.88 Å². The van der Waals surface area contributed by atoms with Crippen LogP contribution in [-0.2, 0) is 4.79 Å². The molecule has 0 fully saturated rings. The van der Waals surface area contributed by atoms with Crippen LogP contribution in [0, 0.1) is 6.92 Å². The quantitative estimate of drug-likeness (QED) is 0.757. The predicted octanol–water partition coefficient (Wildman–Crippen LogP) is 0.526. The number of carboxylic acid groups (broad SMARTS) is 1. The first-order chi connectivity index (χ1) is 7.08. The van der Waals surface area contributed by atoms with E-state index in [1.807, 2.05) is 0 Å². The molecule has 0 bridgehead atoms. The number of aromatic nitrogens is 1. The lowest BCUT2D eigenvalue weighted by Crippen LogP contribution is -2.21. The van der Waals surface area contributed by atoms with Crippen LogP contribution in [0.15, 0.2) is 12.1 Å². The zero-order valence-electron chi connectivity index (χ0n) is 8.73. The molecule has 0 aromatic carbocycles. The molecule has 1 rings (SSSR count). The van der Waals surface area contributed by atoms with Crippen LogP contribution in [0.4, 0.5) is 0 Å². The van der Waals surface area contributed by atoms with Gasteiger partial charge in [0.15, 0.2) is 0 Å². The van der Waals surface area contributed by atoms with Crippen LogP contribution in [0.2, 0.25) is 0 Å². The molecule has 0 radical (unpaired) electrons. The molecule has 5 nitrogen and oxygen atoms in total. The standard InChI is InChI=1S/C10H14N2O3/c1-6-3-7(4-9(12-6)15-2)8(5-11)10(13)14/h3-4,8H,5,11H2,1-2H3,(H,13,14). The Labute approximate surface area is 87.9 Å². The highest BCUT2D eigenvalue weighted by Gasteiger charge is 2.19. The second-order valence-electron chi connectivity index (χ2n) is 3.21. The van der Waals surface area contributed by atoms with Gasteiger partial charge < -0.3 is 15.6 Å². The third-order valence-electron chi connectivity index (χ3n) is 2.10. The van der Waals surface area contributed by atoms with E-state index in [0.717, 1.165) is 0 Å². The van der Waals surface area contributed by atoms with E-state index in [0.29, 0.717) is 17.1 Å². The Bertz CT molecular complexity index is 366. The van der Waals surface area contributed by atoms with Gasteiger partial charge in [0.05, 0.1) is 13.0 Å². The number of carbonyl (C=O) groups is 1. The van der Waals surface area contributed by atoms with Gasteiger partial charge in [0, 0.05) is 18.3 Å². The van der Waals surface area contributed by atoms with Crippen LogP contribution in [0.25, 0.3) is 0 Å². The number of ether oxygens (including phenoxy) is 1. The van der Waals surface area contributed by atoms with Crippen LogP contribution in [-0.4, -0.2) is 29.7 Å². The SMILES string of the molecule is COc1cc(C(CN)C(=O)O)cc(C)n1. The van der Waals surface area contributed by atoms with Crippen molar-refractivity contribution < 1.29 is 14.6 Å². The van der Waals surface area contributed by atoms with Crippen molar-refractivity contribution in [1.29, 1.82) is 0 Å². The maximum Gasteiger partial charge on any atom is 0.312 e. The summed E-state index contributed by atoms with van der Waals surface area (Å²) < 4.78 is 4.97. The maximum absolute atomic E-state index is 10.9. The Morgan fingerprint density at radius 2 is 2.33 bits per heavy atom. The minimum absolute atomic E-state index is 0.0575. The summed E-state index contributed by atoms with van der Waals surface area (Å²) in [4.78, 5) is 15.0. The molecule has 82 valence electrons. The fourth-order valence-corrected chi connectivity index (χ4v) is 1.35. The van der Waals surface area contributed by atoms with Crippen LogP contribution in [0.3, 0.4) is 0 Å². The fourth-order valence-electron chi connectivity index (χ4n) is 1.35. The summed E-state index contributed by atoms with van der Waals surface area (Å²) in [6.07, 6.45) is 0. The Balaban J connectivity index is 3.11. The number of methoxy groups -OCH3 is 1. The average molecular weight is 210 g/mol. The van der Waals surface area contributed by atoms with E-state index in [-0.39, 0.29) is 6.54 Å². The zero-order chi connectivity index (χ0) is 11.4. The minimum atomic E-state index is -0.940. The van der Waals surface area contributed by atoms with Gasteiger partial charge in [-0.05, 0) is 18.6 Å². The Hall–Kier alpha value is -1.62. The van der Waals surface area contributed by atoms with Crippen LogP contribution in [0.5, 0.6) is 5.88 Å². The molecular formula is C10H14N2O3. The summed E-state index contributed by atoms with van der Waals surface area (Å²) in [6.45, 7) is 1.84. The molecule has 0 saturated heterocycles. The molecule has 1 aromatic rings. The van der Waals surface area contributed by atoms with Crippen molar-refractivity contribution in [2.24, 2.45) is 5.73 Å². The molecule has 3 N–H and O–H groups in total. The molecule has 1 heterocycles. The lowest BCUT2D eigenvalue weighted by molar-refractivity contribution is -0.138. The van der Waals surface area contributed by atoms with Crippen molar-refractivity contribution in [3.63, 3.8) is 0 Å². The first kappa shape index (κ1) is 11.5. The van der Waals surface area contributed by atoms with Gasteiger partial charge in [-0.1, -0.05) is 0 Å². The van der Waals surface area contributed by atoms with Crippen molar-refractivity contribution >= 4 is 5.97 Å². The highest BCUT2D eigenvalue weighted by molar-refractivity contribution is 5.76. The number of pyridine rings is 1. The Kier molecular flexibility index (Phi) is 3.62. The minimum Gasteiger partial charge on any atom is -0.481 e. The van der Waals surface area contributed by atoms with Gasteiger partial charge in [-0.3, -0.25) is 4.79 Å². The number of carboxylic acids is 1. The zero-order valence-corrected chi connectivity index (χ0v) is 8.73. The van der Waals surface area contributed by atoms with Crippen LogP contribution >= 0.6 is 0 Å². The van der Waals surface area contributed by atoms with Crippen molar-refractivity contribution in [3.8, 4) is 5.88 Å². The van der Waals surface area contributed by atoms with E-state index < -0.39 is 11.9 Å². The highest BCUT2D eigenvalue weighted by Crippen LogP contribution is 2.20. The normalized spacial score (nSPS) is 12.2. The molecule has 5 heteroatoms. The van der Waals surface area contributed by atoms with Crippen molar-refractivity contribution in [2.75, 3.05) is 13.7 Å². The lowest BCUT2D eigenvalue weighted by Gasteiger charge is -2.11.